The monoisotopic (exact) mass is 232 g/mol. The lowest BCUT2D eigenvalue weighted by molar-refractivity contribution is 0.141. The number of nitrogens with zero attached hydrogens (tertiary/aromatic N) is 1. The van der Waals surface area contributed by atoms with Crippen LogP contribution >= 0.6 is 0 Å². The van der Waals surface area contributed by atoms with Crippen molar-refractivity contribution in [2.24, 2.45) is 11.7 Å². The summed E-state index contributed by atoms with van der Waals surface area (Å²) in [4.78, 5) is 2.55. The highest BCUT2D eigenvalue weighted by Gasteiger charge is 2.23. The lowest BCUT2D eigenvalue weighted by Crippen LogP contribution is -2.39. The molecular formula is C15H24N2. The largest absolute Gasteiger partial charge is 0.329 e. The molecule has 94 valence electrons. The number of piperidine rings is 1. The highest BCUT2D eigenvalue weighted by molar-refractivity contribution is 5.25. The van der Waals surface area contributed by atoms with Crippen molar-refractivity contribution >= 4 is 0 Å². The van der Waals surface area contributed by atoms with Gasteiger partial charge in [0.1, 0.15) is 0 Å². The lowest BCUT2D eigenvalue weighted by Gasteiger charge is -2.36. The van der Waals surface area contributed by atoms with Crippen LogP contribution < -0.4 is 5.73 Å². The zero-order chi connectivity index (χ0) is 12.3. The van der Waals surface area contributed by atoms with Crippen molar-refractivity contribution in [2.75, 3.05) is 19.6 Å². The van der Waals surface area contributed by atoms with E-state index in [0.29, 0.717) is 6.04 Å². The Labute approximate surface area is 105 Å². The lowest BCUT2D eigenvalue weighted by atomic mass is 9.95. The molecule has 0 amide bonds. The minimum Gasteiger partial charge on any atom is -0.329 e. The van der Waals surface area contributed by atoms with Crippen LogP contribution in [0.2, 0.25) is 0 Å². The van der Waals surface area contributed by atoms with Crippen molar-refractivity contribution in [3.8, 4) is 0 Å². The van der Waals surface area contributed by atoms with E-state index >= 15 is 0 Å². The zero-order valence-electron chi connectivity index (χ0n) is 11.0. The number of benzene rings is 1. The number of hydrogen-bond acceptors (Lipinski definition) is 2. The van der Waals surface area contributed by atoms with Gasteiger partial charge in [0, 0.05) is 12.6 Å². The summed E-state index contributed by atoms with van der Waals surface area (Å²) in [5.74, 6) is 0.877. The zero-order valence-corrected chi connectivity index (χ0v) is 11.0. The van der Waals surface area contributed by atoms with Crippen LogP contribution in [-0.2, 0) is 0 Å². The summed E-state index contributed by atoms with van der Waals surface area (Å²) in [6, 6.07) is 9.18. The minimum atomic E-state index is 0.405. The maximum absolute atomic E-state index is 5.98. The quantitative estimate of drug-likeness (QED) is 0.868. The molecule has 0 spiro atoms. The Bertz CT molecular complexity index is 354. The fourth-order valence-corrected chi connectivity index (χ4v) is 2.71. The van der Waals surface area contributed by atoms with Crippen molar-refractivity contribution in [2.45, 2.75) is 32.7 Å². The smallest absolute Gasteiger partial charge is 0.0470 e. The van der Waals surface area contributed by atoms with E-state index in [1.165, 1.54) is 37.1 Å². The summed E-state index contributed by atoms with van der Waals surface area (Å²) in [5.41, 5.74) is 8.68. The van der Waals surface area contributed by atoms with Crippen LogP contribution in [0.25, 0.3) is 0 Å². The maximum Gasteiger partial charge on any atom is 0.0470 e. The number of likely N-dealkylation sites (tertiary alicyclic amines) is 1. The Hall–Kier alpha value is -0.860. The molecule has 1 heterocycles. The maximum atomic E-state index is 5.98. The highest BCUT2D eigenvalue weighted by atomic mass is 15.2. The predicted octanol–water partition coefficient (Wildman–Crippen LogP) is 2.73. The molecule has 2 nitrogen and oxygen atoms in total. The molecule has 1 aliphatic rings. The molecule has 0 radical (unpaired) electrons. The molecule has 1 saturated heterocycles. The molecule has 2 heteroatoms. The van der Waals surface area contributed by atoms with Crippen molar-refractivity contribution < 1.29 is 0 Å². The van der Waals surface area contributed by atoms with E-state index in [1.807, 2.05) is 0 Å². The summed E-state index contributed by atoms with van der Waals surface area (Å²) in [6.07, 6.45) is 2.62. The van der Waals surface area contributed by atoms with Crippen LogP contribution in [0, 0.1) is 12.8 Å². The van der Waals surface area contributed by atoms with Crippen LogP contribution in [0.5, 0.6) is 0 Å². The van der Waals surface area contributed by atoms with Crippen LogP contribution in [-0.4, -0.2) is 24.5 Å². The van der Waals surface area contributed by atoms with E-state index in [9.17, 15) is 0 Å². The standard InChI is InChI=1S/C15H24N2/c1-12-6-8-17(9-7-12)15(11-16)14-5-3-4-13(2)10-14/h3-5,10,12,15H,6-9,11,16H2,1-2H3. The van der Waals surface area contributed by atoms with E-state index in [2.05, 4.69) is 43.0 Å². The van der Waals surface area contributed by atoms with Gasteiger partial charge >= 0.3 is 0 Å². The Morgan fingerprint density at radius 3 is 2.65 bits per heavy atom. The first-order chi connectivity index (χ1) is 8.20. The molecule has 1 unspecified atom stereocenters. The molecule has 1 aliphatic heterocycles. The van der Waals surface area contributed by atoms with Gasteiger partial charge in [-0.25, -0.2) is 0 Å². The third-order valence-electron chi connectivity index (χ3n) is 3.91. The molecule has 2 rings (SSSR count). The first kappa shape index (κ1) is 12.6. The van der Waals surface area contributed by atoms with Crippen molar-refractivity contribution in [3.63, 3.8) is 0 Å². The normalized spacial score (nSPS) is 20.4. The van der Waals surface area contributed by atoms with Crippen molar-refractivity contribution in [3.05, 3.63) is 35.4 Å². The summed E-state index contributed by atoms with van der Waals surface area (Å²) in [5, 5.41) is 0. The van der Waals surface area contributed by atoms with Gasteiger partial charge in [0.05, 0.1) is 0 Å². The fraction of sp³-hybridized carbons (Fsp3) is 0.600. The highest BCUT2D eigenvalue weighted by Crippen LogP contribution is 2.26. The number of nitrogens with two attached hydrogens (primary N) is 1. The van der Waals surface area contributed by atoms with Gasteiger partial charge in [0.15, 0.2) is 0 Å². The van der Waals surface area contributed by atoms with Crippen LogP contribution in [0.1, 0.15) is 36.9 Å². The van der Waals surface area contributed by atoms with Gasteiger partial charge in [0.25, 0.3) is 0 Å². The summed E-state index contributed by atoms with van der Waals surface area (Å²) in [7, 11) is 0. The van der Waals surface area contributed by atoms with Gasteiger partial charge in [-0.1, -0.05) is 36.8 Å². The Kier molecular flexibility index (Phi) is 4.19. The van der Waals surface area contributed by atoms with Crippen LogP contribution in [0.15, 0.2) is 24.3 Å². The van der Waals surface area contributed by atoms with Gasteiger partial charge in [-0.15, -0.1) is 0 Å². The first-order valence-electron chi connectivity index (χ1n) is 6.71. The van der Waals surface area contributed by atoms with E-state index in [4.69, 9.17) is 5.73 Å². The fourth-order valence-electron chi connectivity index (χ4n) is 2.71. The van der Waals surface area contributed by atoms with Crippen LogP contribution in [0.4, 0.5) is 0 Å². The number of aryl methyl sites for hydroxylation is 1. The second-order valence-corrected chi connectivity index (χ2v) is 5.38. The molecule has 0 aliphatic carbocycles. The summed E-state index contributed by atoms with van der Waals surface area (Å²) in [6.45, 7) is 7.60. The summed E-state index contributed by atoms with van der Waals surface area (Å²) < 4.78 is 0. The molecule has 1 atom stereocenters. The topological polar surface area (TPSA) is 29.3 Å². The molecule has 2 N–H and O–H groups in total. The van der Waals surface area contributed by atoms with Crippen molar-refractivity contribution in [1.82, 2.24) is 4.90 Å². The van der Waals surface area contributed by atoms with Gasteiger partial charge in [-0.2, -0.15) is 0 Å². The van der Waals surface area contributed by atoms with Crippen molar-refractivity contribution in [1.29, 1.82) is 0 Å². The molecule has 0 saturated carbocycles. The van der Waals surface area contributed by atoms with Gasteiger partial charge < -0.3 is 5.73 Å². The Balaban J connectivity index is 2.10. The molecular weight excluding hydrogens is 208 g/mol. The second-order valence-electron chi connectivity index (χ2n) is 5.38. The molecule has 0 bridgehead atoms. The van der Waals surface area contributed by atoms with E-state index < -0.39 is 0 Å². The average molecular weight is 232 g/mol. The third-order valence-corrected chi connectivity index (χ3v) is 3.91. The molecule has 1 aromatic rings. The molecule has 1 aromatic carbocycles. The third kappa shape index (κ3) is 3.08. The van der Waals surface area contributed by atoms with Gasteiger partial charge in [-0.3, -0.25) is 4.90 Å². The second kappa shape index (κ2) is 5.65. The first-order valence-corrected chi connectivity index (χ1v) is 6.71. The molecule has 1 fully saturated rings. The van der Waals surface area contributed by atoms with E-state index in [0.717, 1.165) is 12.5 Å². The summed E-state index contributed by atoms with van der Waals surface area (Å²) >= 11 is 0. The van der Waals surface area contributed by atoms with Crippen LogP contribution in [0.3, 0.4) is 0 Å². The molecule has 17 heavy (non-hydrogen) atoms. The average Bonchev–Trinajstić information content (AvgIpc) is 2.33. The minimum absolute atomic E-state index is 0.405. The van der Waals surface area contributed by atoms with Gasteiger partial charge in [0.2, 0.25) is 0 Å². The van der Waals surface area contributed by atoms with E-state index in [1.54, 1.807) is 0 Å². The predicted molar refractivity (Wildman–Crippen MR) is 72.9 cm³/mol. The number of rotatable bonds is 3. The molecule has 0 aromatic heterocycles. The SMILES string of the molecule is Cc1cccc(C(CN)N2CCC(C)CC2)c1. The number of hydrogen-bond donors (Lipinski definition) is 1. The Morgan fingerprint density at radius 2 is 2.06 bits per heavy atom. The van der Waals surface area contributed by atoms with Gasteiger partial charge in [-0.05, 0) is 44.3 Å². The Morgan fingerprint density at radius 1 is 1.35 bits per heavy atom. The van der Waals surface area contributed by atoms with E-state index in [-0.39, 0.29) is 0 Å².